The first-order valence-corrected chi connectivity index (χ1v) is 6.13. The number of halogens is 1. The lowest BCUT2D eigenvalue weighted by atomic mass is 10.0. The molecule has 1 aliphatic heterocycles. The van der Waals surface area contributed by atoms with Gasteiger partial charge in [0.2, 0.25) is 5.82 Å². The van der Waals surface area contributed by atoms with E-state index < -0.39 is 11.4 Å². The van der Waals surface area contributed by atoms with E-state index in [1.165, 1.54) is 6.07 Å². The molecule has 1 aromatic carbocycles. The summed E-state index contributed by atoms with van der Waals surface area (Å²) in [5.74, 6) is 0.188. The van der Waals surface area contributed by atoms with Gasteiger partial charge in [0.1, 0.15) is 11.4 Å². The second-order valence-electron chi connectivity index (χ2n) is 4.81. The van der Waals surface area contributed by atoms with Gasteiger partial charge in [0.25, 0.3) is 5.89 Å². The van der Waals surface area contributed by atoms with Crippen molar-refractivity contribution in [2.75, 3.05) is 12.3 Å². The van der Waals surface area contributed by atoms with E-state index in [1.54, 1.807) is 12.1 Å². The van der Waals surface area contributed by atoms with Gasteiger partial charge in [0.05, 0.1) is 11.3 Å². The maximum Gasteiger partial charge on any atom is 0.260 e. The highest BCUT2D eigenvalue weighted by molar-refractivity contribution is 5.70. The smallest absolute Gasteiger partial charge is 0.260 e. The van der Waals surface area contributed by atoms with E-state index in [-0.39, 0.29) is 11.6 Å². The molecule has 1 aromatic heterocycles. The van der Waals surface area contributed by atoms with Gasteiger partial charge >= 0.3 is 0 Å². The minimum Gasteiger partial charge on any atom is -0.396 e. The third-order valence-corrected chi connectivity index (χ3v) is 3.40. The van der Waals surface area contributed by atoms with Crippen LogP contribution in [-0.2, 0) is 10.3 Å². The van der Waals surface area contributed by atoms with Crippen LogP contribution in [0.25, 0.3) is 11.5 Å². The van der Waals surface area contributed by atoms with Crippen molar-refractivity contribution in [1.82, 2.24) is 10.1 Å². The average molecular weight is 263 g/mol. The summed E-state index contributed by atoms with van der Waals surface area (Å²) in [4.78, 5) is 4.29. The molecule has 100 valence electrons. The molecule has 1 unspecified atom stereocenters. The third-order valence-electron chi connectivity index (χ3n) is 3.40. The SMILES string of the molecule is CC1(c2noc(-c3cccc(F)c3N)n2)CCCO1. The molecule has 1 atom stereocenters. The van der Waals surface area contributed by atoms with E-state index in [2.05, 4.69) is 10.1 Å². The predicted molar refractivity (Wildman–Crippen MR) is 66.6 cm³/mol. The highest BCUT2D eigenvalue weighted by Crippen LogP contribution is 2.35. The van der Waals surface area contributed by atoms with Crippen LogP contribution in [0.5, 0.6) is 0 Å². The van der Waals surface area contributed by atoms with Crippen LogP contribution in [0.1, 0.15) is 25.6 Å². The molecule has 0 aliphatic carbocycles. The molecule has 1 saturated heterocycles. The number of ether oxygens (including phenoxy) is 1. The summed E-state index contributed by atoms with van der Waals surface area (Å²) in [7, 11) is 0. The van der Waals surface area contributed by atoms with E-state index in [0.29, 0.717) is 18.0 Å². The second kappa shape index (κ2) is 4.31. The van der Waals surface area contributed by atoms with Gasteiger partial charge in [0.15, 0.2) is 0 Å². The molecule has 2 aromatic rings. The summed E-state index contributed by atoms with van der Waals surface area (Å²) in [6.07, 6.45) is 1.80. The summed E-state index contributed by atoms with van der Waals surface area (Å²) in [6, 6.07) is 4.49. The first kappa shape index (κ1) is 12.1. The lowest BCUT2D eigenvalue weighted by Gasteiger charge is -2.17. The second-order valence-corrected chi connectivity index (χ2v) is 4.81. The van der Waals surface area contributed by atoms with E-state index in [4.69, 9.17) is 15.0 Å². The van der Waals surface area contributed by atoms with Crippen molar-refractivity contribution in [2.45, 2.75) is 25.4 Å². The number of hydrogen-bond acceptors (Lipinski definition) is 5. The Kier molecular flexibility index (Phi) is 2.74. The molecule has 0 amide bonds. The van der Waals surface area contributed by atoms with Gasteiger partial charge in [-0.1, -0.05) is 11.2 Å². The minimum atomic E-state index is -0.524. The number of hydrogen-bond donors (Lipinski definition) is 1. The highest BCUT2D eigenvalue weighted by Gasteiger charge is 2.36. The number of nitrogens with two attached hydrogens (primary N) is 1. The van der Waals surface area contributed by atoms with Crippen molar-refractivity contribution in [1.29, 1.82) is 0 Å². The summed E-state index contributed by atoms with van der Waals surface area (Å²) in [6.45, 7) is 2.60. The third kappa shape index (κ3) is 1.98. The monoisotopic (exact) mass is 263 g/mol. The minimum absolute atomic E-state index is 0.00944. The standard InChI is InChI=1S/C13H14FN3O2/c1-13(6-3-7-18-13)12-16-11(19-17-12)8-4-2-5-9(14)10(8)15/h2,4-5H,3,6-7,15H2,1H3. The van der Waals surface area contributed by atoms with Crippen LogP contribution < -0.4 is 5.73 Å². The van der Waals surface area contributed by atoms with Crippen LogP contribution in [0, 0.1) is 5.82 Å². The molecule has 5 nitrogen and oxygen atoms in total. The van der Waals surface area contributed by atoms with Crippen LogP contribution >= 0.6 is 0 Å². The van der Waals surface area contributed by atoms with Gasteiger partial charge in [-0.3, -0.25) is 0 Å². The Hall–Kier alpha value is -1.95. The van der Waals surface area contributed by atoms with Crippen molar-refractivity contribution >= 4 is 5.69 Å². The van der Waals surface area contributed by atoms with Crippen LogP contribution in [0.15, 0.2) is 22.7 Å². The molecule has 1 fully saturated rings. The van der Waals surface area contributed by atoms with Gasteiger partial charge in [0, 0.05) is 6.61 Å². The molecular formula is C13H14FN3O2. The zero-order valence-electron chi connectivity index (χ0n) is 10.5. The van der Waals surface area contributed by atoms with Crippen LogP contribution in [0.3, 0.4) is 0 Å². The lowest BCUT2D eigenvalue weighted by molar-refractivity contribution is 0.00768. The number of anilines is 1. The number of benzene rings is 1. The maximum atomic E-state index is 13.4. The molecule has 2 N–H and O–H groups in total. The van der Waals surface area contributed by atoms with Gasteiger partial charge in [-0.25, -0.2) is 4.39 Å². The molecule has 0 radical (unpaired) electrons. The van der Waals surface area contributed by atoms with E-state index >= 15 is 0 Å². The normalized spacial score (nSPS) is 22.8. The van der Waals surface area contributed by atoms with Crippen molar-refractivity contribution in [2.24, 2.45) is 0 Å². The highest BCUT2D eigenvalue weighted by atomic mass is 19.1. The van der Waals surface area contributed by atoms with E-state index in [9.17, 15) is 4.39 Å². The Morgan fingerprint density at radius 1 is 1.42 bits per heavy atom. The van der Waals surface area contributed by atoms with E-state index in [1.807, 2.05) is 6.92 Å². The average Bonchev–Trinajstić information content (AvgIpc) is 3.02. The number of rotatable bonds is 2. The summed E-state index contributed by atoms with van der Waals surface area (Å²) in [5.41, 5.74) is 5.56. The predicted octanol–water partition coefficient (Wildman–Crippen LogP) is 2.48. The van der Waals surface area contributed by atoms with Crippen molar-refractivity contribution in [3.63, 3.8) is 0 Å². The molecule has 0 bridgehead atoms. The zero-order chi connectivity index (χ0) is 13.5. The molecule has 2 heterocycles. The number of aromatic nitrogens is 2. The fraction of sp³-hybridized carbons (Fsp3) is 0.385. The number of nitrogen functional groups attached to an aromatic ring is 1. The summed E-state index contributed by atoms with van der Waals surface area (Å²) >= 11 is 0. The maximum absolute atomic E-state index is 13.4. The Bertz CT molecular complexity index is 606. The fourth-order valence-corrected chi connectivity index (χ4v) is 2.23. The van der Waals surface area contributed by atoms with Crippen LogP contribution in [0.2, 0.25) is 0 Å². The Morgan fingerprint density at radius 3 is 3.00 bits per heavy atom. The van der Waals surface area contributed by atoms with Gasteiger partial charge < -0.3 is 15.0 Å². The van der Waals surface area contributed by atoms with Crippen LogP contribution in [0.4, 0.5) is 10.1 Å². The molecule has 6 heteroatoms. The largest absolute Gasteiger partial charge is 0.396 e. The van der Waals surface area contributed by atoms with Gasteiger partial charge in [-0.2, -0.15) is 4.98 Å². The first-order chi connectivity index (χ1) is 9.10. The molecule has 3 rings (SSSR count). The fourth-order valence-electron chi connectivity index (χ4n) is 2.23. The van der Waals surface area contributed by atoms with Crippen molar-refractivity contribution in [3.8, 4) is 11.5 Å². The molecule has 0 saturated carbocycles. The van der Waals surface area contributed by atoms with Gasteiger partial charge in [-0.15, -0.1) is 0 Å². The van der Waals surface area contributed by atoms with Crippen molar-refractivity contribution < 1.29 is 13.7 Å². The quantitative estimate of drug-likeness (QED) is 0.842. The topological polar surface area (TPSA) is 74.2 Å². The Balaban J connectivity index is 1.99. The van der Waals surface area contributed by atoms with Crippen molar-refractivity contribution in [3.05, 3.63) is 29.8 Å². The number of para-hydroxylation sites is 1. The Labute approximate surface area is 109 Å². The van der Waals surface area contributed by atoms with Gasteiger partial charge in [-0.05, 0) is 31.9 Å². The Morgan fingerprint density at radius 2 is 2.26 bits per heavy atom. The lowest BCUT2D eigenvalue weighted by Crippen LogP contribution is -2.21. The zero-order valence-corrected chi connectivity index (χ0v) is 10.5. The van der Waals surface area contributed by atoms with Crippen LogP contribution in [-0.4, -0.2) is 16.7 Å². The van der Waals surface area contributed by atoms with E-state index in [0.717, 1.165) is 12.8 Å². The summed E-state index contributed by atoms with van der Waals surface area (Å²) in [5, 5.41) is 3.93. The summed E-state index contributed by atoms with van der Waals surface area (Å²) < 4.78 is 24.2. The molecule has 1 aliphatic rings. The molecule has 19 heavy (non-hydrogen) atoms. The molecule has 0 spiro atoms. The number of nitrogens with zero attached hydrogens (tertiary/aromatic N) is 2. The first-order valence-electron chi connectivity index (χ1n) is 6.13. The molecular weight excluding hydrogens is 249 g/mol.